The number of nitrogens with zero attached hydrogens (tertiary/aromatic N) is 1. The van der Waals surface area contributed by atoms with Gasteiger partial charge in [0.2, 0.25) is 0 Å². The van der Waals surface area contributed by atoms with Crippen LogP contribution in [0.2, 0.25) is 0 Å². The van der Waals surface area contributed by atoms with Gasteiger partial charge >= 0.3 is 11.8 Å². The molecule has 0 aliphatic heterocycles. The van der Waals surface area contributed by atoms with Gasteiger partial charge in [0.1, 0.15) is 0 Å². The smallest absolute Gasteiger partial charge is 0.321 e. The highest BCUT2D eigenvalue weighted by molar-refractivity contribution is 6.40. The fraction of sp³-hybridized carbons (Fsp3) is 0. The van der Waals surface area contributed by atoms with E-state index in [9.17, 15) is 14.4 Å². The summed E-state index contributed by atoms with van der Waals surface area (Å²) in [6, 6.07) is 21.9. The van der Waals surface area contributed by atoms with Crippen LogP contribution in [0.5, 0.6) is 0 Å². The van der Waals surface area contributed by atoms with E-state index in [2.05, 4.69) is 20.8 Å². The molecule has 7 nitrogen and oxygen atoms in total. The number of fused-ring (bicyclic) bond motifs is 2. The number of aromatic nitrogens is 1. The van der Waals surface area contributed by atoms with Crippen molar-refractivity contribution < 1.29 is 9.59 Å². The number of hydrogen-bond donors (Lipinski definition) is 3. The lowest BCUT2D eigenvalue weighted by atomic mass is 10.1. The van der Waals surface area contributed by atoms with Crippen molar-refractivity contribution in [3.05, 3.63) is 88.7 Å². The topological polar surface area (TPSA) is 103 Å². The molecule has 0 saturated heterocycles. The number of amides is 2. The van der Waals surface area contributed by atoms with Crippen molar-refractivity contribution in [1.82, 2.24) is 10.4 Å². The van der Waals surface area contributed by atoms with Crippen molar-refractivity contribution in [1.29, 1.82) is 0 Å². The van der Waals surface area contributed by atoms with E-state index in [0.717, 1.165) is 16.2 Å². The van der Waals surface area contributed by atoms with E-state index >= 15 is 0 Å². The summed E-state index contributed by atoms with van der Waals surface area (Å²) in [6.45, 7) is 0. The predicted molar refractivity (Wildman–Crippen MR) is 113 cm³/mol. The third-order valence-electron chi connectivity index (χ3n) is 4.40. The van der Waals surface area contributed by atoms with Gasteiger partial charge in [-0.1, -0.05) is 54.6 Å². The van der Waals surface area contributed by atoms with E-state index in [0.29, 0.717) is 11.2 Å². The standard InChI is InChI=1S/C22H16N4O3/c27-20-16(12-15-7-2-4-10-18(15)24-20)13-23-26-22(29)21(28)25-19-11-5-8-14-6-1-3-9-17(14)19/h1-13H,(H,24,27)(H,25,28)(H,26,29)/b23-13+. The van der Waals surface area contributed by atoms with Gasteiger partial charge in [-0.25, -0.2) is 5.43 Å². The van der Waals surface area contributed by atoms with E-state index in [4.69, 9.17) is 0 Å². The minimum Gasteiger partial charge on any atom is -0.321 e. The molecular weight excluding hydrogens is 368 g/mol. The van der Waals surface area contributed by atoms with Crippen molar-refractivity contribution in [3.63, 3.8) is 0 Å². The number of rotatable bonds is 3. The number of hydrazone groups is 1. The first-order chi connectivity index (χ1) is 14.1. The van der Waals surface area contributed by atoms with Crippen LogP contribution >= 0.6 is 0 Å². The molecule has 142 valence electrons. The number of carbonyl (C=O) groups excluding carboxylic acids is 2. The first-order valence-corrected chi connectivity index (χ1v) is 8.86. The second-order valence-electron chi connectivity index (χ2n) is 6.32. The Morgan fingerprint density at radius 1 is 0.862 bits per heavy atom. The molecule has 0 aliphatic carbocycles. The van der Waals surface area contributed by atoms with Crippen LogP contribution < -0.4 is 16.3 Å². The summed E-state index contributed by atoms with van der Waals surface area (Å²) in [5, 5.41) is 8.90. The Morgan fingerprint density at radius 3 is 2.45 bits per heavy atom. The van der Waals surface area contributed by atoms with E-state index in [1.165, 1.54) is 6.21 Å². The van der Waals surface area contributed by atoms with E-state index in [1.54, 1.807) is 24.3 Å². The lowest BCUT2D eigenvalue weighted by Gasteiger charge is -2.07. The lowest BCUT2D eigenvalue weighted by molar-refractivity contribution is -0.136. The zero-order chi connectivity index (χ0) is 20.2. The maximum absolute atomic E-state index is 12.2. The highest BCUT2D eigenvalue weighted by Gasteiger charge is 2.14. The molecule has 0 aliphatic rings. The van der Waals surface area contributed by atoms with Crippen LogP contribution in [-0.4, -0.2) is 23.0 Å². The number of nitrogens with one attached hydrogen (secondary N) is 3. The van der Waals surface area contributed by atoms with Crippen LogP contribution in [0, 0.1) is 0 Å². The molecule has 0 bridgehead atoms. The minimum atomic E-state index is -0.939. The molecule has 0 saturated carbocycles. The zero-order valence-electron chi connectivity index (χ0n) is 15.2. The summed E-state index contributed by atoms with van der Waals surface area (Å²) in [5.41, 5.74) is 3.29. The Balaban J connectivity index is 1.46. The Labute approximate surface area is 165 Å². The van der Waals surface area contributed by atoms with Crippen LogP contribution in [0.3, 0.4) is 0 Å². The molecule has 29 heavy (non-hydrogen) atoms. The summed E-state index contributed by atoms with van der Waals surface area (Å²) in [4.78, 5) is 39.0. The molecule has 1 aromatic heterocycles. The Morgan fingerprint density at radius 2 is 1.59 bits per heavy atom. The van der Waals surface area contributed by atoms with Crippen molar-refractivity contribution in [2.45, 2.75) is 0 Å². The molecule has 2 amide bonds. The first kappa shape index (κ1) is 18.1. The molecule has 1 heterocycles. The molecule has 0 atom stereocenters. The lowest BCUT2D eigenvalue weighted by Crippen LogP contribution is -2.32. The van der Waals surface area contributed by atoms with E-state index < -0.39 is 11.8 Å². The number of H-pyrrole nitrogens is 1. The molecule has 7 heteroatoms. The Kier molecular flexibility index (Phi) is 4.86. The Hall–Kier alpha value is -4.26. The Bertz CT molecular complexity index is 1320. The second kappa shape index (κ2) is 7.77. The number of benzene rings is 3. The van der Waals surface area contributed by atoms with Gasteiger partial charge in [0.15, 0.2) is 0 Å². The van der Waals surface area contributed by atoms with Crippen molar-refractivity contribution >= 4 is 45.4 Å². The normalized spacial score (nSPS) is 11.0. The molecule has 0 unspecified atom stereocenters. The predicted octanol–water partition coefficient (Wildman–Crippen LogP) is 2.77. The molecule has 0 fully saturated rings. The maximum atomic E-state index is 12.2. The van der Waals surface area contributed by atoms with Gasteiger partial charge in [0.25, 0.3) is 5.56 Å². The van der Waals surface area contributed by atoms with Gasteiger partial charge in [-0.3, -0.25) is 14.4 Å². The molecule has 0 spiro atoms. The molecule has 4 rings (SSSR count). The van der Waals surface area contributed by atoms with Crippen LogP contribution in [0.25, 0.3) is 21.7 Å². The summed E-state index contributed by atoms with van der Waals surface area (Å²) in [5.74, 6) is -1.79. The highest BCUT2D eigenvalue weighted by Crippen LogP contribution is 2.22. The number of aromatic amines is 1. The van der Waals surface area contributed by atoms with E-state index in [-0.39, 0.29) is 11.1 Å². The maximum Gasteiger partial charge on any atom is 0.329 e. The van der Waals surface area contributed by atoms with Gasteiger partial charge in [-0.05, 0) is 29.0 Å². The van der Waals surface area contributed by atoms with Gasteiger partial charge in [0, 0.05) is 16.6 Å². The summed E-state index contributed by atoms with van der Waals surface area (Å²) in [7, 11) is 0. The van der Waals surface area contributed by atoms with Crippen LogP contribution in [0.15, 0.2) is 82.7 Å². The number of anilines is 1. The molecular formula is C22H16N4O3. The SMILES string of the molecule is O=C(N/N=C/c1cc2ccccc2[nH]c1=O)C(=O)Nc1cccc2ccccc12. The average Bonchev–Trinajstić information content (AvgIpc) is 2.74. The van der Waals surface area contributed by atoms with Crippen molar-refractivity contribution in [3.8, 4) is 0 Å². The third-order valence-corrected chi connectivity index (χ3v) is 4.40. The number of pyridine rings is 1. The fourth-order valence-corrected chi connectivity index (χ4v) is 2.98. The molecule has 0 radical (unpaired) electrons. The molecule has 3 aromatic carbocycles. The highest BCUT2D eigenvalue weighted by atomic mass is 16.2. The van der Waals surface area contributed by atoms with Crippen molar-refractivity contribution in [2.75, 3.05) is 5.32 Å². The van der Waals surface area contributed by atoms with Gasteiger partial charge in [-0.2, -0.15) is 5.10 Å². The van der Waals surface area contributed by atoms with Crippen LogP contribution in [0.1, 0.15) is 5.56 Å². The zero-order valence-corrected chi connectivity index (χ0v) is 15.2. The van der Waals surface area contributed by atoms with Gasteiger partial charge < -0.3 is 10.3 Å². The van der Waals surface area contributed by atoms with Crippen LogP contribution in [0.4, 0.5) is 5.69 Å². The number of hydrogen-bond acceptors (Lipinski definition) is 4. The van der Waals surface area contributed by atoms with Gasteiger partial charge in [-0.15, -0.1) is 0 Å². The van der Waals surface area contributed by atoms with Gasteiger partial charge in [0.05, 0.1) is 11.8 Å². The minimum absolute atomic E-state index is 0.262. The quantitative estimate of drug-likeness (QED) is 0.287. The first-order valence-electron chi connectivity index (χ1n) is 8.86. The number of para-hydroxylation sites is 1. The summed E-state index contributed by atoms with van der Waals surface area (Å²) < 4.78 is 0. The van der Waals surface area contributed by atoms with E-state index in [1.807, 2.05) is 48.5 Å². The summed E-state index contributed by atoms with van der Waals surface area (Å²) in [6.07, 6.45) is 1.20. The number of carbonyl (C=O) groups is 2. The largest absolute Gasteiger partial charge is 0.329 e. The third kappa shape index (κ3) is 3.89. The summed E-state index contributed by atoms with van der Waals surface area (Å²) >= 11 is 0. The fourth-order valence-electron chi connectivity index (χ4n) is 2.98. The second-order valence-corrected chi connectivity index (χ2v) is 6.32. The average molecular weight is 384 g/mol. The van der Waals surface area contributed by atoms with Crippen molar-refractivity contribution in [2.24, 2.45) is 5.10 Å². The monoisotopic (exact) mass is 384 g/mol. The molecule has 4 aromatic rings. The molecule has 3 N–H and O–H groups in total. The van der Waals surface area contributed by atoms with Crippen LogP contribution in [-0.2, 0) is 9.59 Å².